The van der Waals surface area contributed by atoms with Crippen molar-refractivity contribution in [3.05, 3.63) is 57.8 Å². The van der Waals surface area contributed by atoms with Crippen LogP contribution < -0.4 is 0 Å². The first-order valence-corrected chi connectivity index (χ1v) is 10.2. The van der Waals surface area contributed by atoms with E-state index in [1.165, 1.54) is 10.5 Å². The van der Waals surface area contributed by atoms with Crippen LogP contribution in [0.1, 0.15) is 49.7 Å². The summed E-state index contributed by atoms with van der Waals surface area (Å²) in [5.41, 5.74) is 5.55. The first kappa shape index (κ1) is 19.5. The molecule has 1 aliphatic rings. The van der Waals surface area contributed by atoms with Crippen LogP contribution >= 0.6 is 11.8 Å². The third-order valence-electron chi connectivity index (χ3n) is 5.21. The lowest BCUT2D eigenvalue weighted by atomic mass is 10.1. The number of hydrogen-bond acceptors (Lipinski definition) is 3. The van der Waals surface area contributed by atoms with Crippen molar-refractivity contribution in [3.63, 3.8) is 0 Å². The van der Waals surface area contributed by atoms with E-state index in [2.05, 4.69) is 48.7 Å². The predicted molar refractivity (Wildman–Crippen MR) is 112 cm³/mol. The van der Waals surface area contributed by atoms with Gasteiger partial charge in [-0.2, -0.15) is 0 Å². The quantitative estimate of drug-likeness (QED) is 0.642. The van der Waals surface area contributed by atoms with Crippen molar-refractivity contribution < 1.29 is 9.59 Å². The van der Waals surface area contributed by atoms with Crippen LogP contribution in [0.3, 0.4) is 0 Å². The number of benzene rings is 1. The Morgan fingerprint density at radius 3 is 2.37 bits per heavy atom. The lowest BCUT2D eigenvalue weighted by Gasteiger charge is -2.19. The molecule has 0 saturated carbocycles. The first-order chi connectivity index (χ1) is 12.9. The maximum atomic E-state index is 12.7. The largest absolute Gasteiger partial charge is 0.318 e. The minimum absolute atomic E-state index is 0.0760. The van der Waals surface area contributed by atoms with Gasteiger partial charge in [-0.15, -0.1) is 0 Å². The number of imide groups is 1. The molecule has 1 aromatic heterocycles. The second-order valence-electron chi connectivity index (χ2n) is 6.99. The summed E-state index contributed by atoms with van der Waals surface area (Å²) >= 11 is 1.03. The zero-order valence-electron chi connectivity index (χ0n) is 16.6. The van der Waals surface area contributed by atoms with Gasteiger partial charge in [0.1, 0.15) is 0 Å². The van der Waals surface area contributed by atoms with Crippen LogP contribution in [-0.2, 0) is 11.2 Å². The van der Waals surface area contributed by atoms with Gasteiger partial charge in [-0.1, -0.05) is 26.0 Å². The molecule has 1 atom stereocenters. The molecule has 0 bridgehead atoms. The molecule has 2 aromatic rings. The third-order valence-corrected chi connectivity index (χ3v) is 6.10. The van der Waals surface area contributed by atoms with Gasteiger partial charge in [-0.05, 0) is 80.8 Å². The number of amides is 2. The normalized spacial score (nSPS) is 17.2. The van der Waals surface area contributed by atoms with Gasteiger partial charge in [0.15, 0.2) is 0 Å². The van der Waals surface area contributed by atoms with Crippen molar-refractivity contribution in [1.29, 1.82) is 0 Å². The minimum atomic E-state index is -0.184. The Morgan fingerprint density at radius 2 is 1.78 bits per heavy atom. The highest BCUT2D eigenvalue weighted by atomic mass is 32.2. The number of carbonyl (C=O) groups excluding carboxylic acids is 2. The SMILES string of the molecule is CCc1ccc(-n2c(C)cc(/C=C3/SC(=O)N([C@H](C)CC)C3=O)c2C)cc1. The summed E-state index contributed by atoms with van der Waals surface area (Å²) in [6, 6.07) is 10.5. The maximum Gasteiger partial charge on any atom is 0.293 e. The van der Waals surface area contributed by atoms with Gasteiger partial charge >= 0.3 is 0 Å². The maximum absolute atomic E-state index is 12.7. The van der Waals surface area contributed by atoms with Crippen molar-refractivity contribution in [2.45, 2.75) is 53.5 Å². The molecule has 0 N–H and O–H groups in total. The van der Waals surface area contributed by atoms with Gasteiger partial charge in [0, 0.05) is 23.1 Å². The molecule has 4 nitrogen and oxygen atoms in total. The van der Waals surface area contributed by atoms with Gasteiger partial charge in [0.25, 0.3) is 11.1 Å². The topological polar surface area (TPSA) is 42.3 Å². The van der Waals surface area contributed by atoms with E-state index in [4.69, 9.17) is 0 Å². The zero-order chi connectivity index (χ0) is 19.7. The molecule has 0 unspecified atom stereocenters. The summed E-state index contributed by atoms with van der Waals surface area (Å²) in [5.74, 6) is -0.184. The van der Waals surface area contributed by atoms with Crippen LogP contribution in [0.4, 0.5) is 4.79 Å². The van der Waals surface area contributed by atoms with E-state index in [0.717, 1.165) is 47.2 Å². The molecular formula is C22H26N2O2S. The number of aryl methyl sites for hydroxylation is 2. The lowest BCUT2D eigenvalue weighted by molar-refractivity contribution is -0.124. The molecule has 1 aliphatic heterocycles. The van der Waals surface area contributed by atoms with Gasteiger partial charge in [-0.25, -0.2) is 0 Å². The second-order valence-corrected chi connectivity index (χ2v) is 7.98. The van der Waals surface area contributed by atoms with Crippen molar-refractivity contribution in [3.8, 4) is 5.69 Å². The standard InChI is InChI=1S/C22H26N2O2S/c1-6-14(3)24-21(25)20(27-22(24)26)13-18-12-15(4)23(16(18)5)19-10-8-17(7-2)9-11-19/h8-14H,6-7H2,1-5H3/b20-13+/t14-/m1/s1. The van der Waals surface area contributed by atoms with E-state index in [9.17, 15) is 9.59 Å². The van der Waals surface area contributed by atoms with Gasteiger partial charge in [0.05, 0.1) is 4.91 Å². The summed E-state index contributed by atoms with van der Waals surface area (Å²) in [7, 11) is 0. The van der Waals surface area contributed by atoms with Crippen molar-refractivity contribution >= 4 is 29.0 Å². The van der Waals surface area contributed by atoms with Crippen LogP contribution in [0.5, 0.6) is 0 Å². The van der Waals surface area contributed by atoms with E-state index in [1.807, 2.05) is 26.8 Å². The Hall–Kier alpha value is -2.27. The van der Waals surface area contributed by atoms with E-state index in [1.54, 1.807) is 0 Å². The molecule has 2 amide bonds. The van der Waals surface area contributed by atoms with Gasteiger partial charge in [-0.3, -0.25) is 14.5 Å². The molecular weight excluding hydrogens is 356 g/mol. The second kappa shape index (κ2) is 7.77. The number of aromatic nitrogens is 1. The van der Waals surface area contributed by atoms with Crippen molar-refractivity contribution in [2.75, 3.05) is 0 Å². The molecule has 0 spiro atoms. The fraction of sp³-hybridized carbons (Fsp3) is 0.364. The zero-order valence-corrected chi connectivity index (χ0v) is 17.4. The molecule has 3 rings (SSSR count). The minimum Gasteiger partial charge on any atom is -0.318 e. The van der Waals surface area contributed by atoms with Crippen LogP contribution in [0, 0.1) is 13.8 Å². The summed E-state index contributed by atoms with van der Waals surface area (Å²) in [6.45, 7) is 10.1. The average molecular weight is 383 g/mol. The molecule has 2 heterocycles. The molecule has 27 heavy (non-hydrogen) atoms. The number of rotatable bonds is 5. The number of nitrogens with zero attached hydrogens (tertiary/aromatic N) is 2. The number of carbonyl (C=O) groups is 2. The smallest absolute Gasteiger partial charge is 0.293 e. The number of thioether (sulfide) groups is 1. The van der Waals surface area contributed by atoms with Crippen LogP contribution in [-0.4, -0.2) is 26.7 Å². The van der Waals surface area contributed by atoms with Crippen LogP contribution in [0.25, 0.3) is 11.8 Å². The Labute approximate surface area is 165 Å². The highest BCUT2D eigenvalue weighted by Crippen LogP contribution is 2.35. The predicted octanol–water partition coefficient (Wildman–Crippen LogP) is 5.49. The lowest BCUT2D eigenvalue weighted by Crippen LogP contribution is -2.36. The highest BCUT2D eigenvalue weighted by molar-refractivity contribution is 8.18. The highest BCUT2D eigenvalue weighted by Gasteiger charge is 2.37. The molecule has 142 valence electrons. The fourth-order valence-electron chi connectivity index (χ4n) is 3.40. The third kappa shape index (κ3) is 3.61. The molecule has 0 aliphatic carbocycles. The Morgan fingerprint density at radius 1 is 1.11 bits per heavy atom. The monoisotopic (exact) mass is 382 g/mol. The van der Waals surface area contributed by atoms with E-state index < -0.39 is 0 Å². The van der Waals surface area contributed by atoms with Crippen molar-refractivity contribution in [2.24, 2.45) is 0 Å². The fourth-order valence-corrected chi connectivity index (χ4v) is 4.32. The number of hydrogen-bond donors (Lipinski definition) is 0. The molecule has 1 saturated heterocycles. The van der Waals surface area contributed by atoms with Gasteiger partial charge < -0.3 is 4.57 Å². The molecule has 1 aromatic carbocycles. The summed E-state index contributed by atoms with van der Waals surface area (Å²) in [5, 5.41) is -0.176. The summed E-state index contributed by atoms with van der Waals surface area (Å²) in [4.78, 5) is 26.8. The van der Waals surface area contributed by atoms with Gasteiger partial charge in [0.2, 0.25) is 0 Å². The van der Waals surface area contributed by atoms with E-state index in [0.29, 0.717) is 4.91 Å². The molecule has 0 radical (unpaired) electrons. The first-order valence-electron chi connectivity index (χ1n) is 9.42. The van der Waals surface area contributed by atoms with E-state index in [-0.39, 0.29) is 17.2 Å². The summed E-state index contributed by atoms with van der Waals surface area (Å²) in [6.07, 6.45) is 3.63. The summed E-state index contributed by atoms with van der Waals surface area (Å²) < 4.78 is 2.18. The van der Waals surface area contributed by atoms with Crippen molar-refractivity contribution in [1.82, 2.24) is 9.47 Å². The average Bonchev–Trinajstić information content (AvgIpc) is 3.10. The Kier molecular flexibility index (Phi) is 5.61. The Bertz CT molecular complexity index is 909. The molecule has 1 fully saturated rings. The molecule has 5 heteroatoms. The van der Waals surface area contributed by atoms with Crippen LogP contribution in [0.2, 0.25) is 0 Å². The van der Waals surface area contributed by atoms with E-state index >= 15 is 0 Å². The van der Waals surface area contributed by atoms with Crippen LogP contribution in [0.15, 0.2) is 35.2 Å². The Balaban J connectivity index is 1.96.